The number of carbonyl (C=O) groups is 1. The highest BCUT2D eigenvalue weighted by Crippen LogP contribution is 2.35. The van der Waals surface area contributed by atoms with E-state index in [9.17, 15) is 17.6 Å². The topological polar surface area (TPSA) is 85.4 Å². The average molecular weight is 386 g/mol. The van der Waals surface area contributed by atoms with Gasteiger partial charge in [-0.3, -0.25) is 9.08 Å². The molecule has 3 saturated heterocycles. The van der Waals surface area contributed by atoms with Crippen LogP contribution >= 0.6 is 0 Å². The second kappa shape index (κ2) is 6.36. The number of rotatable bonds is 5. The van der Waals surface area contributed by atoms with Crippen LogP contribution in [0.4, 0.5) is 20.6 Å². The first-order valence-electron chi connectivity index (χ1n) is 8.30. The standard InChI is InChI=1S/C16H19FN2O6S/c1-26(21,22)24-9-13-7-19(16(20)25-13)10-2-3-15(14(17)5-10)18-6-12-4-11(18)8-23-12/h2-3,5,11-13H,4,6-9H2,1H3/t11-,12-,13+/m0/s1. The maximum atomic E-state index is 14.6. The van der Waals surface area contributed by atoms with E-state index in [-0.39, 0.29) is 25.3 Å². The number of nitrogens with zero attached hydrogens (tertiary/aromatic N) is 2. The normalized spacial score (nSPS) is 28.1. The number of halogens is 1. The zero-order chi connectivity index (χ0) is 18.5. The summed E-state index contributed by atoms with van der Waals surface area (Å²) in [4.78, 5) is 15.3. The second-order valence-electron chi connectivity index (χ2n) is 6.74. The number of hydrogen-bond donors (Lipinski definition) is 0. The summed E-state index contributed by atoms with van der Waals surface area (Å²) in [7, 11) is -3.62. The van der Waals surface area contributed by atoms with E-state index >= 15 is 0 Å². The highest BCUT2D eigenvalue weighted by atomic mass is 32.2. The van der Waals surface area contributed by atoms with Crippen LogP contribution in [0.25, 0.3) is 0 Å². The van der Waals surface area contributed by atoms with Crippen LogP contribution in [0.1, 0.15) is 6.42 Å². The molecule has 1 aromatic rings. The molecule has 142 valence electrons. The van der Waals surface area contributed by atoms with Gasteiger partial charge in [0.2, 0.25) is 0 Å². The zero-order valence-corrected chi connectivity index (χ0v) is 14.9. The van der Waals surface area contributed by atoms with Crippen molar-refractivity contribution in [1.29, 1.82) is 0 Å². The SMILES string of the molecule is CS(=O)(=O)OC[C@H]1CN(c2ccc(N3C[C@@H]4C[C@H]3CO4)c(F)c2)C(=O)O1. The van der Waals surface area contributed by atoms with Crippen LogP contribution in [-0.2, 0) is 23.8 Å². The summed E-state index contributed by atoms with van der Waals surface area (Å²) in [6, 6.07) is 4.80. The molecule has 0 N–H and O–H groups in total. The lowest BCUT2D eigenvalue weighted by Gasteiger charge is -2.29. The van der Waals surface area contributed by atoms with Crippen LogP contribution in [0.15, 0.2) is 18.2 Å². The minimum Gasteiger partial charge on any atom is -0.441 e. The summed E-state index contributed by atoms with van der Waals surface area (Å²) in [5.41, 5.74) is 0.854. The number of benzene rings is 1. The Balaban J connectivity index is 1.46. The van der Waals surface area contributed by atoms with E-state index in [0.717, 1.165) is 12.7 Å². The molecule has 3 heterocycles. The van der Waals surface area contributed by atoms with Gasteiger partial charge in [-0.25, -0.2) is 9.18 Å². The van der Waals surface area contributed by atoms with E-state index in [4.69, 9.17) is 9.47 Å². The van der Waals surface area contributed by atoms with Gasteiger partial charge in [-0.15, -0.1) is 0 Å². The third-order valence-corrected chi connectivity index (χ3v) is 5.36. The molecule has 0 aromatic heterocycles. The first-order chi connectivity index (χ1) is 12.3. The van der Waals surface area contributed by atoms with E-state index < -0.39 is 28.1 Å². The molecule has 0 saturated carbocycles. The number of cyclic esters (lactones) is 1. The van der Waals surface area contributed by atoms with Crippen LogP contribution in [0.5, 0.6) is 0 Å². The minimum atomic E-state index is -3.62. The molecule has 3 fully saturated rings. The van der Waals surface area contributed by atoms with E-state index in [0.29, 0.717) is 24.5 Å². The van der Waals surface area contributed by atoms with Crippen molar-refractivity contribution < 1.29 is 31.3 Å². The fourth-order valence-electron chi connectivity index (χ4n) is 3.61. The van der Waals surface area contributed by atoms with Crippen molar-refractivity contribution in [1.82, 2.24) is 0 Å². The molecule has 3 aliphatic heterocycles. The van der Waals surface area contributed by atoms with Crippen molar-refractivity contribution in [2.75, 3.05) is 42.4 Å². The highest BCUT2D eigenvalue weighted by molar-refractivity contribution is 7.85. The number of anilines is 2. The lowest BCUT2D eigenvalue weighted by atomic mass is 10.2. The number of fused-ring (bicyclic) bond motifs is 2. The first-order valence-corrected chi connectivity index (χ1v) is 10.1. The van der Waals surface area contributed by atoms with Gasteiger partial charge in [-0.2, -0.15) is 8.42 Å². The van der Waals surface area contributed by atoms with Crippen LogP contribution in [-0.4, -0.2) is 65.3 Å². The number of carbonyl (C=O) groups excluding carboxylic acids is 1. The summed E-state index contributed by atoms with van der Waals surface area (Å²) in [6.45, 7) is 1.10. The Hall–Kier alpha value is -1.91. The molecular formula is C16H19FN2O6S. The smallest absolute Gasteiger partial charge is 0.414 e. The Morgan fingerprint density at radius 2 is 2.15 bits per heavy atom. The predicted molar refractivity (Wildman–Crippen MR) is 90.3 cm³/mol. The summed E-state index contributed by atoms with van der Waals surface area (Å²) < 4.78 is 52.0. The summed E-state index contributed by atoms with van der Waals surface area (Å²) >= 11 is 0. The van der Waals surface area contributed by atoms with E-state index in [1.54, 1.807) is 12.1 Å². The number of hydrogen-bond acceptors (Lipinski definition) is 7. The van der Waals surface area contributed by atoms with E-state index in [1.165, 1.54) is 11.0 Å². The lowest BCUT2D eigenvalue weighted by Crippen LogP contribution is -2.37. The first kappa shape index (κ1) is 17.5. The third kappa shape index (κ3) is 3.36. The van der Waals surface area contributed by atoms with Crippen LogP contribution in [0.3, 0.4) is 0 Å². The van der Waals surface area contributed by atoms with Gasteiger partial charge in [0.1, 0.15) is 18.5 Å². The molecule has 1 amide bonds. The van der Waals surface area contributed by atoms with Crippen molar-refractivity contribution in [3.63, 3.8) is 0 Å². The van der Waals surface area contributed by atoms with Gasteiger partial charge in [0.15, 0.2) is 0 Å². The molecule has 2 bridgehead atoms. The van der Waals surface area contributed by atoms with Gasteiger partial charge in [-0.1, -0.05) is 0 Å². The molecule has 0 unspecified atom stereocenters. The van der Waals surface area contributed by atoms with Crippen molar-refractivity contribution in [3.05, 3.63) is 24.0 Å². The van der Waals surface area contributed by atoms with Crippen molar-refractivity contribution in [2.45, 2.75) is 24.7 Å². The molecule has 0 aliphatic carbocycles. The molecule has 0 radical (unpaired) electrons. The largest absolute Gasteiger partial charge is 0.441 e. The Labute approximate surface area is 150 Å². The lowest BCUT2D eigenvalue weighted by molar-refractivity contribution is 0.0989. The van der Waals surface area contributed by atoms with Crippen LogP contribution in [0.2, 0.25) is 0 Å². The second-order valence-corrected chi connectivity index (χ2v) is 8.38. The van der Waals surface area contributed by atoms with E-state index in [1.807, 2.05) is 4.90 Å². The van der Waals surface area contributed by atoms with Crippen molar-refractivity contribution in [3.8, 4) is 0 Å². The monoisotopic (exact) mass is 386 g/mol. The van der Waals surface area contributed by atoms with Crippen LogP contribution in [0, 0.1) is 5.82 Å². The van der Waals surface area contributed by atoms with Crippen molar-refractivity contribution >= 4 is 27.6 Å². The van der Waals surface area contributed by atoms with Crippen LogP contribution < -0.4 is 9.80 Å². The number of ether oxygens (including phenoxy) is 2. The Kier molecular flexibility index (Phi) is 4.28. The molecule has 26 heavy (non-hydrogen) atoms. The van der Waals surface area contributed by atoms with Gasteiger partial charge in [0.25, 0.3) is 10.1 Å². The molecule has 3 aliphatic rings. The van der Waals surface area contributed by atoms with Gasteiger partial charge < -0.3 is 14.4 Å². The van der Waals surface area contributed by atoms with Gasteiger partial charge in [-0.05, 0) is 24.6 Å². The van der Waals surface area contributed by atoms with E-state index in [2.05, 4.69) is 4.18 Å². The molecule has 3 atom stereocenters. The maximum absolute atomic E-state index is 14.6. The number of morpholine rings is 1. The molecule has 4 rings (SSSR count). The third-order valence-electron chi connectivity index (χ3n) is 4.79. The zero-order valence-electron chi connectivity index (χ0n) is 14.1. The quantitative estimate of drug-likeness (QED) is 0.701. The summed E-state index contributed by atoms with van der Waals surface area (Å²) in [5, 5.41) is 0. The number of amides is 1. The summed E-state index contributed by atoms with van der Waals surface area (Å²) in [6.07, 6.45) is 0.593. The molecule has 0 spiro atoms. The van der Waals surface area contributed by atoms with Gasteiger partial charge >= 0.3 is 6.09 Å². The minimum absolute atomic E-state index is 0.0927. The fourth-order valence-corrected chi connectivity index (χ4v) is 4.01. The summed E-state index contributed by atoms with van der Waals surface area (Å²) in [5.74, 6) is -0.418. The van der Waals surface area contributed by atoms with Gasteiger partial charge in [0, 0.05) is 6.54 Å². The Morgan fingerprint density at radius 1 is 1.35 bits per heavy atom. The Bertz CT molecular complexity index is 832. The highest BCUT2D eigenvalue weighted by Gasteiger charge is 2.40. The van der Waals surface area contributed by atoms with Crippen molar-refractivity contribution in [2.24, 2.45) is 0 Å². The predicted octanol–water partition coefficient (Wildman–Crippen LogP) is 1.10. The maximum Gasteiger partial charge on any atom is 0.414 e. The molecule has 1 aromatic carbocycles. The fraction of sp³-hybridized carbons (Fsp3) is 0.562. The molecule has 8 nitrogen and oxygen atoms in total. The van der Waals surface area contributed by atoms with Gasteiger partial charge in [0.05, 0.1) is 42.9 Å². The Morgan fingerprint density at radius 3 is 2.77 bits per heavy atom. The molecular weight excluding hydrogens is 367 g/mol. The molecule has 10 heteroatoms. The average Bonchev–Trinajstić information content (AvgIpc) is 3.27.